The molecule has 0 aliphatic carbocycles. The molecule has 0 atom stereocenters. The number of carbonyl (C=O) groups excluding carboxylic acids is 1. The van der Waals surface area contributed by atoms with Gasteiger partial charge in [0.05, 0.1) is 36.4 Å². The van der Waals surface area contributed by atoms with Gasteiger partial charge >= 0.3 is 33.0 Å². The standard InChI is InChI=1S/C11H9BrFN3O2.C10H9BrFN3O.C10H12BrFN2O.CH4.F6P/c12-8-1-2-9(10(13)5-8)11-14-6-16(15-11)3-4-18-7-17;11-7-1-2-8(9(12)5-7)10-13-6-15(14-10)3-4-16;11-7-2-3-8(9(12)6-7)10(13)14-4-1-5-15;;1-7(2,3,4,5)6/h1-2,5-7H,3-4H2;1-2,5-6,16H,3-4H2;2-3,6,15H,1,4-5H2,(H2,13,14);1H4;/q;;;;-1. The molecule has 57 heavy (non-hydrogen) atoms. The number of aromatic nitrogens is 6. The number of amidine groups is 1. The minimum absolute atomic E-state index is 0. The summed E-state index contributed by atoms with van der Waals surface area (Å²) < 4.78 is 109. The summed E-state index contributed by atoms with van der Waals surface area (Å²) in [5, 5.41) is 25.4. The molecule has 0 spiro atoms. The SMILES string of the molecule is C.F[P-](F)(F)(F)(F)F.NC(=NCCCO)c1ccc(Br)cc1F.O=COCCn1cnc(-c2ccc(Br)cc2F)n1.OCCn1cnc(-c2ccc(Br)cc2F)n1. The number of nitrogens with two attached hydrogens (primary N) is 1. The second-order valence-corrected chi connectivity index (χ2v) is 15.2. The Balaban J connectivity index is 0.000000393. The number of nitrogens with zero attached hydrogens (tertiary/aromatic N) is 7. The monoisotopic (exact) mass is 1030 g/mol. The van der Waals surface area contributed by atoms with E-state index in [1.165, 1.54) is 40.2 Å². The first-order valence-corrected chi connectivity index (χ1v) is 19.7. The van der Waals surface area contributed by atoms with Gasteiger partial charge in [-0.3, -0.25) is 14.5 Å². The molecule has 0 amide bonds. The van der Waals surface area contributed by atoms with Crippen LogP contribution in [0.3, 0.4) is 0 Å². The summed E-state index contributed by atoms with van der Waals surface area (Å²) in [4.78, 5) is 21.9. The third-order valence-corrected chi connectivity index (χ3v) is 7.54. The molecule has 0 aliphatic heterocycles. The van der Waals surface area contributed by atoms with Crippen molar-refractivity contribution >= 4 is 67.9 Å². The van der Waals surface area contributed by atoms with Crippen LogP contribution in [0.15, 0.2) is 85.7 Å². The first-order valence-electron chi connectivity index (χ1n) is 15.3. The van der Waals surface area contributed by atoms with Crippen molar-refractivity contribution in [2.24, 2.45) is 10.7 Å². The summed E-state index contributed by atoms with van der Waals surface area (Å²) in [6, 6.07) is 14.0. The van der Waals surface area contributed by atoms with Crippen LogP contribution in [0.2, 0.25) is 0 Å². The van der Waals surface area contributed by atoms with Gasteiger partial charge in [-0.2, -0.15) is 10.2 Å². The van der Waals surface area contributed by atoms with Gasteiger partial charge in [-0.1, -0.05) is 55.2 Å². The van der Waals surface area contributed by atoms with E-state index in [2.05, 4.69) is 77.7 Å². The molecular weight excluding hydrogens is 1000 g/mol. The topological polar surface area (TPSA) is 167 Å². The fourth-order valence-corrected chi connectivity index (χ4v) is 4.74. The van der Waals surface area contributed by atoms with Crippen LogP contribution in [0, 0.1) is 17.5 Å². The van der Waals surface area contributed by atoms with Crippen LogP contribution in [-0.2, 0) is 22.6 Å². The molecule has 3 aromatic carbocycles. The molecule has 2 heterocycles. The molecule has 0 unspecified atom stereocenters. The number of hydrogen-bond donors (Lipinski definition) is 3. The van der Waals surface area contributed by atoms with Crippen LogP contribution in [-0.4, -0.2) is 78.4 Å². The molecule has 0 saturated heterocycles. The Kier molecular flexibility index (Phi) is 19.9. The second-order valence-electron chi connectivity index (χ2n) is 10.5. The van der Waals surface area contributed by atoms with Gasteiger partial charge in [-0.25, -0.2) is 27.8 Å². The number of halogens is 12. The fourth-order valence-electron chi connectivity index (χ4n) is 3.74. The van der Waals surface area contributed by atoms with E-state index in [4.69, 9.17) is 15.9 Å². The average molecular weight is 1040 g/mol. The molecule has 316 valence electrons. The summed E-state index contributed by atoms with van der Waals surface area (Å²) >= 11 is 9.52. The Hall–Kier alpha value is -3.96. The molecule has 5 rings (SSSR count). The largest absolute Gasteiger partial charge is 0.466 e. The summed E-state index contributed by atoms with van der Waals surface area (Å²) in [7, 11) is -10.7. The van der Waals surface area contributed by atoms with E-state index >= 15 is 0 Å². The Morgan fingerprint density at radius 2 is 1.19 bits per heavy atom. The number of aliphatic hydroxyl groups excluding tert-OH is 2. The van der Waals surface area contributed by atoms with Gasteiger partial charge in [-0.15, -0.1) is 0 Å². The zero-order valence-corrected chi connectivity index (χ0v) is 33.9. The van der Waals surface area contributed by atoms with Gasteiger partial charge in [0, 0.05) is 26.6 Å². The number of hydrogen-bond acceptors (Lipinski definition) is 9. The molecule has 25 heteroatoms. The van der Waals surface area contributed by atoms with Crippen LogP contribution in [0.25, 0.3) is 22.8 Å². The van der Waals surface area contributed by atoms with Gasteiger partial charge in [0.15, 0.2) is 11.6 Å². The summed E-state index contributed by atoms with van der Waals surface area (Å²) in [5.74, 6) is -0.407. The first-order chi connectivity index (χ1) is 26.0. The maximum atomic E-state index is 13.7. The molecule has 0 fully saturated rings. The van der Waals surface area contributed by atoms with Crippen LogP contribution in [0.5, 0.6) is 0 Å². The van der Waals surface area contributed by atoms with Crippen molar-refractivity contribution in [1.82, 2.24) is 29.5 Å². The molecule has 0 radical (unpaired) electrons. The predicted octanol–water partition coefficient (Wildman–Crippen LogP) is 9.55. The number of benzene rings is 3. The van der Waals surface area contributed by atoms with E-state index < -0.39 is 19.4 Å². The van der Waals surface area contributed by atoms with Gasteiger partial charge in [-0.05, 0) is 61.0 Å². The second kappa shape index (κ2) is 22.3. The van der Waals surface area contributed by atoms with Gasteiger partial charge in [0.25, 0.3) is 6.47 Å². The number of carbonyl (C=O) groups is 1. The van der Waals surface area contributed by atoms with Crippen molar-refractivity contribution in [3.63, 3.8) is 0 Å². The Labute approximate surface area is 344 Å². The van der Waals surface area contributed by atoms with Crippen LogP contribution in [0.4, 0.5) is 38.4 Å². The third-order valence-electron chi connectivity index (χ3n) is 6.06. The van der Waals surface area contributed by atoms with E-state index in [9.17, 15) is 43.1 Å². The zero-order valence-electron chi connectivity index (χ0n) is 28.3. The molecule has 0 saturated carbocycles. The molecule has 5 aromatic rings. The van der Waals surface area contributed by atoms with Crippen molar-refractivity contribution in [3.05, 3.63) is 104 Å². The molecule has 4 N–H and O–H groups in total. The molecule has 2 aromatic heterocycles. The van der Waals surface area contributed by atoms with Gasteiger partial charge < -0.3 is 20.7 Å². The number of aliphatic hydroxyl groups is 2. The third kappa shape index (κ3) is 21.4. The molecule has 0 bridgehead atoms. The Morgan fingerprint density at radius 3 is 1.60 bits per heavy atom. The van der Waals surface area contributed by atoms with Crippen molar-refractivity contribution in [1.29, 1.82) is 0 Å². The number of ether oxygens (including phenoxy) is 1. The summed E-state index contributed by atoms with van der Waals surface area (Å²) in [6.07, 6.45) is 3.46. The van der Waals surface area contributed by atoms with E-state index in [0.29, 0.717) is 68.7 Å². The molecule has 0 aliphatic rings. The smallest absolute Gasteiger partial charge is 0.293 e. The quantitative estimate of drug-likeness (QED) is 0.0276. The molecule has 12 nitrogen and oxygen atoms in total. The van der Waals surface area contributed by atoms with Gasteiger partial charge in [0.1, 0.15) is 42.5 Å². The average Bonchev–Trinajstić information content (AvgIpc) is 3.74. The summed E-state index contributed by atoms with van der Waals surface area (Å²) in [6.45, 7) is 1.74. The Morgan fingerprint density at radius 1 is 0.754 bits per heavy atom. The van der Waals surface area contributed by atoms with Crippen LogP contribution in [0.1, 0.15) is 19.4 Å². The normalized spacial score (nSPS) is 12.2. The van der Waals surface area contributed by atoms with Crippen molar-refractivity contribution in [2.75, 3.05) is 26.4 Å². The van der Waals surface area contributed by atoms with Crippen molar-refractivity contribution in [2.45, 2.75) is 26.9 Å². The number of rotatable bonds is 12. The van der Waals surface area contributed by atoms with E-state index in [1.54, 1.807) is 36.4 Å². The number of aliphatic imine (C=N–C) groups is 1. The van der Waals surface area contributed by atoms with Gasteiger partial charge in [0.2, 0.25) is 0 Å². The van der Waals surface area contributed by atoms with Crippen LogP contribution < -0.4 is 5.73 Å². The Bertz CT molecular complexity index is 2070. The van der Waals surface area contributed by atoms with Crippen molar-refractivity contribution in [3.8, 4) is 22.8 Å². The van der Waals surface area contributed by atoms with E-state index in [-0.39, 0.29) is 44.5 Å². The fraction of sp³-hybridized carbons (Fsp3) is 0.250. The van der Waals surface area contributed by atoms with Crippen LogP contribution >= 0.6 is 55.6 Å². The van der Waals surface area contributed by atoms with E-state index in [0.717, 1.165) is 0 Å². The molecular formula is C32H34Br3F9N8O4P-. The van der Waals surface area contributed by atoms with E-state index in [1.807, 2.05) is 0 Å². The summed E-state index contributed by atoms with van der Waals surface area (Å²) in [5.41, 5.74) is 6.56. The maximum Gasteiger partial charge on any atom is 0.293 e. The maximum absolute atomic E-state index is 13.7. The predicted molar refractivity (Wildman–Crippen MR) is 207 cm³/mol. The van der Waals surface area contributed by atoms with Crippen molar-refractivity contribution < 1.29 is 58.1 Å². The minimum Gasteiger partial charge on any atom is -0.466 e. The zero-order chi connectivity index (χ0) is 42.2. The minimum atomic E-state index is -10.7. The first kappa shape index (κ1) is 51.1.